The third-order valence-corrected chi connectivity index (χ3v) is 2.22. The molecular weight excluding hydrogens is 230 g/mol. The number of ether oxygens (including phenoxy) is 1. The average molecular weight is 247 g/mol. The molecule has 0 bridgehead atoms. The van der Waals surface area contributed by atoms with Gasteiger partial charge in [-0.1, -0.05) is 6.07 Å². The molecule has 3 N–H and O–H groups in total. The Hall–Kier alpha value is -2.06. The number of unbranched alkanes of at least 4 members (excludes halogenated alkanes) is 1. The topological polar surface area (TPSA) is 88.1 Å². The van der Waals surface area contributed by atoms with Gasteiger partial charge in [0.2, 0.25) is 5.91 Å². The lowest BCUT2D eigenvalue weighted by Crippen LogP contribution is -2.32. The van der Waals surface area contributed by atoms with Gasteiger partial charge in [0.25, 0.3) is 0 Å². The van der Waals surface area contributed by atoms with Crippen molar-refractivity contribution in [3.63, 3.8) is 0 Å². The van der Waals surface area contributed by atoms with E-state index in [0.29, 0.717) is 30.9 Å². The minimum Gasteiger partial charge on any atom is -0.493 e. The van der Waals surface area contributed by atoms with E-state index < -0.39 is 6.04 Å². The van der Waals surface area contributed by atoms with E-state index in [-0.39, 0.29) is 5.91 Å². The summed E-state index contributed by atoms with van der Waals surface area (Å²) in [6.45, 7) is 2.11. The predicted octanol–water partition coefficient (Wildman–Crippen LogP) is 1.65. The molecule has 1 aromatic carbocycles. The van der Waals surface area contributed by atoms with Crippen LogP contribution >= 0.6 is 0 Å². The minimum atomic E-state index is -0.551. The summed E-state index contributed by atoms with van der Waals surface area (Å²) in [6.07, 6.45) is 1.16. The van der Waals surface area contributed by atoms with Crippen LogP contribution in [0, 0.1) is 11.3 Å². The molecule has 96 valence electrons. The van der Waals surface area contributed by atoms with Crippen molar-refractivity contribution >= 4 is 11.6 Å². The molecule has 5 nitrogen and oxygen atoms in total. The SMILES string of the molecule is CC(N)C(=O)Nc1cccc(OCCCC#N)c1. The quantitative estimate of drug-likeness (QED) is 0.748. The summed E-state index contributed by atoms with van der Waals surface area (Å²) >= 11 is 0. The molecule has 0 radical (unpaired) electrons. The second-order valence-corrected chi connectivity index (χ2v) is 3.92. The average Bonchev–Trinajstić information content (AvgIpc) is 2.35. The van der Waals surface area contributed by atoms with Crippen LogP contribution in [0.4, 0.5) is 5.69 Å². The molecule has 1 rings (SSSR count). The summed E-state index contributed by atoms with van der Waals surface area (Å²) in [6, 6.07) is 8.59. The molecule has 18 heavy (non-hydrogen) atoms. The van der Waals surface area contributed by atoms with Crippen LogP contribution in [0.5, 0.6) is 5.75 Å². The summed E-state index contributed by atoms with van der Waals surface area (Å²) in [7, 11) is 0. The maximum Gasteiger partial charge on any atom is 0.241 e. The lowest BCUT2D eigenvalue weighted by molar-refractivity contribution is -0.117. The summed E-state index contributed by atoms with van der Waals surface area (Å²) in [5.41, 5.74) is 6.11. The highest BCUT2D eigenvalue weighted by Gasteiger charge is 2.07. The van der Waals surface area contributed by atoms with Crippen LogP contribution in [-0.4, -0.2) is 18.6 Å². The number of hydrogen-bond acceptors (Lipinski definition) is 4. The molecule has 5 heteroatoms. The number of anilines is 1. The molecule has 1 atom stereocenters. The van der Waals surface area contributed by atoms with Crippen LogP contribution in [0.3, 0.4) is 0 Å². The zero-order chi connectivity index (χ0) is 13.4. The molecule has 0 heterocycles. The molecule has 1 aromatic rings. The fourth-order valence-electron chi connectivity index (χ4n) is 1.26. The van der Waals surface area contributed by atoms with Gasteiger partial charge in [-0.05, 0) is 25.5 Å². The second kappa shape index (κ2) is 7.30. The van der Waals surface area contributed by atoms with Crippen molar-refractivity contribution in [2.24, 2.45) is 5.73 Å². The van der Waals surface area contributed by atoms with Crippen LogP contribution < -0.4 is 15.8 Å². The number of amides is 1. The lowest BCUT2D eigenvalue weighted by atomic mass is 10.2. The Labute approximate surface area is 107 Å². The number of hydrogen-bond donors (Lipinski definition) is 2. The number of rotatable bonds is 6. The first kappa shape index (κ1) is 14.0. The largest absolute Gasteiger partial charge is 0.493 e. The number of benzene rings is 1. The fourth-order valence-corrected chi connectivity index (χ4v) is 1.26. The van der Waals surface area contributed by atoms with E-state index in [1.54, 1.807) is 31.2 Å². The van der Waals surface area contributed by atoms with Gasteiger partial charge >= 0.3 is 0 Å². The normalized spacial score (nSPS) is 11.4. The Morgan fingerprint density at radius 1 is 1.61 bits per heavy atom. The second-order valence-electron chi connectivity index (χ2n) is 3.92. The highest BCUT2D eigenvalue weighted by molar-refractivity contribution is 5.94. The van der Waals surface area contributed by atoms with Crippen molar-refractivity contribution in [3.05, 3.63) is 24.3 Å². The number of nitriles is 1. The molecule has 1 unspecified atom stereocenters. The van der Waals surface area contributed by atoms with Crippen LogP contribution in [0.25, 0.3) is 0 Å². The maximum absolute atomic E-state index is 11.4. The van der Waals surface area contributed by atoms with Crippen LogP contribution in [-0.2, 0) is 4.79 Å². The van der Waals surface area contributed by atoms with E-state index in [0.717, 1.165) is 0 Å². The molecule has 0 aliphatic rings. The van der Waals surface area contributed by atoms with Crippen LogP contribution in [0.15, 0.2) is 24.3 Å². The first-order chi connectivity index (χ1) is 8.63. The van der Waals surface area contributed by atoms with Crippen LogP contribution in [0.2, 0.25) is 0 Å². The zero-order valence-electron chi connectivity index (χ0n) is 10.3. The molecule has 0 spiro atoms. The lowest BCUT2D eigenvalue weighted by Gasteiger charge is -2.10. The number of nitrogens with zero attached hydrogens (tertiary/aromatic N) is 1. The van der Waals surface area contributed by atoms with E-state index in [1.807, 2.05) is 0 Å². The van der Waals surface area contributed by atoms with Crippen LogP contribution in [0.1, 0.15) is 19.8 Å². The van der Waals surface area contributed by atoms with Crippen molar-refractivity contribution < 1.29 is 9.53 Å². The number of carbonyl (C=O) groups is 1. The molecule has 0 saturated heterocycles. The summed E-state index contributed by atoms with van der Waals surface area (Å²) < 4.78 is 5.46. The zero-order valence-corrected chi connectivity index (χ0v) is 10.3. The van der Waals surface area contributed by atoms with Gasteiger partial charge in [0.15, 0.2) is 0 Å². The number of carbonyl (C=O) groups excluding carboxylic acids is 1. The molecule has 0 saturated carbocycles. The third kappa shape index (κ3) is 4.85. The van der Waals surface area contributed by atoms with Crippen molar-refractivity contribution in [2.45, 2.75) is 25.8 Å². The van der Waals surface area contributed by atoms with Crippen molar-refractivity contribution in [2.75, 3.05) is 11.9 Å². The Morgan fingerprint density at radius 3 is 3.06 bits per heavy atom. The molecule has 0 aliphatic heterocycles. The molecule has 1 amide bonds. The summed E-state index contributed by atoms with van der Waals surface area (Å²) in [5, 5.41) is 11.1. The van der Waals surface area contributed by atoms with E-state index in [1.165, 1.54) is 0 Å². The van der Waals surface area contributed by atoms with E-state index in [4.69, 9.17) is 15.7 Å². The highest BCUT2D eigenvalue weighted by atomic mass is 16.5. The molecular formula is C13H17N3O2. The minimum absolute atomic E-state index is 0.239. The Balaban J connectivity index is 2.52. The predicted molar refractivity (Wildman–Crippen MR) is 69.1 cm³/mol. The van der Waals surface area contributed by atoms with Crippen molar-refractivity contribution in [1.82, 2.24) is 0 Å². The first-order valence-corrected chi connectivity index (χ1v) is 5.79. The monoisotopic (exact) mass is 247 g/mol. The maximum atomic E-state index is 11.4. The molecule has 0 aromatic heterocycles. The van der Waals surface area contributed by atoms with Gasteiger partial charge in [-0.2, -0.15) is 5.26 Å². The standard InChI is InChI=1S/C13H17N3O2/c1-10(15)13(17)16-11-5-4-6-12(9-11)18-8-3-2-7-14/h4-6,9-10H,2-3,8,15H2,1H3,(H,16,17). The van der Waals surface area contributed by atoms with Crippen molar-refractivity contribution in [3.8, 4) is 11.8 Å². The number of nitrogens with two attached hydrogens (primary N) is 1. The van der Waals surface area contributed by atoms with Gasteiger partial charge in [-0.15, -0.1) is 0 Å². The van der Waals surface area contributed by atoms with Gasteiger partial charge in [0.1, 0.15) is 5.75 Å². The highest BCUT2D eigenvalue weighted by Crippen LogP contribution is 2.17. The van der Waals surface area contributed by atoms with Gasteiger partial charge in [0.05, 0.1) is 18.7 Å². The van der Waals surface area contributed by atoms with E-state index in [2.05, 4.69) is 11.4 Å². The third-order valence-electron chi connectivity index (χ3n) is 2.22. The van der Waals surface area contributed by atoms with Gasteiger partial charge in [-0.25, -0.2) is 0 Å². The van der Waals surface area contributed by atoms with E-state index >= 15 is 0 Å². The Kier molecular flexibility index (Phi) is 5.68. The summed E-state index contributed by atoms with van der Waals surface area (Å²) in [4.78, 5) is 11.4. The van der Waals surface area contributed by atoms with Gasteiger partial charge in [0, 0.05) is 18.2 Å². The molecule has 0 aliphatic carbocycles. The van der Waals surface area contributed by atoms with E-state index in [9.17, 15) is 4.79 Å². The summed E-state index contributed by atoms with van der Waals surface area (Å²) in [5.74, 6) is 0.423. The van der Waals surface area contributed by atoms with Gasteiger partial charge in [-0.3, -0.25) is 4.79 Å². The Bertz CT molecular complexity index is 438. The smallest absolute Gasteiger partial charge is 0.241 e. The Morgan fingerprint density at radius 2 is 2.39 bits per heavy atom. The van der Waals surface area contributed by atoms with Crippen molar-refractivity contribution in [1.29, 1.82) is 5.26 Å². The number of nitrogens with one attached hydrogen (secondary N) is 1. The fraction of sp³-hybridized carbons (Fsp3) is 0.385. The van der Waals surface area contributed by atoms with Gasteiger partial charge < -0.3 is 15.8 Å². The molecule has 0 fully saturated rings. The first-order valence-electron chi connectivity index (χ1n) is 5.79.